The summed E-state index contributed by atoms with van der Waals surface area (Å²) in [6, 6.07) is 6.07. The molecule has 0 aliphatic carbocycles. The van der Waals surface area contributed by atoms with Crippen LogP contribution in [0.15, 0.2) is 33.7 Å². The smallest absolute Gasteiger partial charge is 0.138 e. The molecule has 0 unspecified atom stereocenters. The quantitative estimate of drug-likeness (QED) is 0.732. The summed E-state index contributed by atoms with van der Waals surface area (Å²) in [5.41, 5.74) is 1.15. The van der Waals surface area contributed by atoms with Crippen LogP contribution in [-0.4, -0.2) is 13.2 Å². The first-order valence-electron chi connectivity index (χ1n) is 5.59. The van der Waals surface area contributed by atoms with Crippen molar-refractivity contribution in [3.8, 4) is 5.75 Å². The number of hydrogen-bond acceptors (Lipinski definition) is 2. The summed E-state index contributed by atoms with van der Waals surface area (Å²) >= 11 is 6.80. The standard InChI is InChI=1S/C13H17Br2NO/c1-3-7-16-8-11-5-4-6-12(15)13(11)17-9-10(2)14/h4-6,16H,2-3,7-9H2,1H3. The van der Waals surface area contributed by atoms with Crippen molar-refractivity contribution in [2.45, 2.75) is 19.9 Å². The summed E-state index contributed by atoms with van der Waals surface area (Å²) in [5, 5.41) is 3.37. The molecular formula is C13H17Br2NO. The lowest BCUT2D eigenvalue weighted by Crippen LogP contribution is -2.15. The van der Waals surface area contributed by atoms with Crippen molar-refractivity contribution >= 4 is 31.9 Å². The highest BCUT2D eigenvalue weighted by molar-refractivity contribution is 9.11. The van der Waals surface area contributed by atoms with E-state index in [4.69, 9.17) is 4.74 Å². The van der Waals surface area contributed by atoms with Crippen molar-refractivity contribution in [1.29, 1.82) is 0 Å². The Morgan fingerprint density at radius 2 is 2.24 bits per heavy atom. The summed E-state index contributed by atoms with van der Waals surface area (Å²) in [6.45, 7) is 8.22. The van der Waals surface area contributed by atoms with Crippen molar-refractivity contribution < 1.29 is 4.74 Å². The maximum absolute atomic E-state index is 5.73. The number of halogens is 2. The minimum atomic E-state index is 0.476. The van der Waals surface area contributed by atoms with Crippen LogP contribution < -0.4 is 10.1 Å². The number of rotatable bonds is 7. The van der Waals surface area contributed by atoms with Gasteiger partial charge >= 0.3 is 0 Å². The van der Waals surface area contributed by atoms with Gasteiger partial charge in [0.1, 0.15) is 12.4 Å². The van der Waals surface area contributed by atoms with E-state index in [1.54, 1.807) is 0 Å². The third kappa shape index (κ3) is 5.23. The number of para-hydroxylation sites is 1. The molecule has 0 fully saturated rings. The largest absolute Gasteiger partial charge is 0.487 e. The molecule has 1 aromatic rings. The summed E-state index contributed by atoms with van der Waals surface area (Å²) in [5.74, 6) is 0.886. The molecule has 0 atom stereocenters. The predicted octanol–water partition coefficient (Wildman–Crippen LogP) is 4.24. The van der Waals surface area contributed by atoms with E-state index in [9.17, 15) is 0 Å². The summed E-state index contributed by atoms with van der Waals surface area (Å²) in [7, 11) is 0. The van der Waals surface area contributed by atoms with Crippen LogP contribution in [0.4, 0.5) is 0 Å². The Labute approximate surface area is 120 Å². The van der Waals surface area contributed by atoms with Crippen LogP contribution in [0.1, 0.15) is 18.9 Å². The normalized spacial score (nSPS) is 10.3. The summed E-state index contributed by atoms with van der Waals surface area (Å²) in [6.07, 6.45) is 1.13. The van der Waals surface area contributed by atoms with Gasteiger partial charge in [-0.2, -0.15) is 0 Å². The van der Waals surface area contributed by atoms with Gasteiger partial charge in [0.2, 0.25) is 0 Å². The molecule has 94 valence electrons. The molecular weight excluding hydrogens is 346 g/mol. The second-order valence-electron chi connectivity index (χ2n) is 3.71. The van der Waals surface area contributed by atoms with Crippen molar-refractivity contribution in [2.75, 3.05) is 13.2 Å². The predicted molar refractivity (Wildman–Crippen MR) is 79.7 cm³/mol. The van der Waals surface area contributed by atoms with Crippen LogP contribution in [0.5, 0.6) is 5.75 Å². The van der Waals surface area contributed by atoms with Gasteiger partial charge in [-0.3, -0.25) is 0 Å². The molecule has 0 heterocycles. The Hall–Kier alpha value is -0.320. The van der Waals surface area contributed by atoms with Gasteiger partial charge in [0, 0.05) is 16.6 Å². The number of ether oxygens (including phenoxy) is 1. The maximum atomic E-state index is 5.73. The third-order valence-electron chi connectivity index (χ3n) is 2.16. The molecule has 0 saturated heterocycles. The molecule has 4 heteroatoms. The van der Waals surface area contributed by atoms with Gasteiger partial charge < -0.3 is 10.1 Å². The molecule has 0 aromatic heterocycles. The maximum Gasteiger partial charge on any atom is 0.138 e. The van der Waals surface area contributed by atoms with E-state index in [1.165, 1.54) is 0 Å². The van der Waals surface area contributed by atoms with E-state index in [-0.39, 0.29) is 0 Å². The van der Waals surface area contributed by atoms with E-state index < -0.39 is 0 Å². The summed E-state index contributed by atoms with van der Waals surface area (Å²) in [4.78, 5) is 0. The van der Waals surface area contributed by atoms with Crippen LogP contribution in [0.2, 0.25) is 0 Å². The molecule has 0 aliphatic heterocycles. The zero-order chi connectivity index (χ0) is 12.7. The molecule has 0 amide bonds. The number of benzene rings is 1. The topological polar surface area (TPSA) is 21.3 Å². The fourth-order valence-electron chi connectivity index (χ4n) is 1.40. The average molecular weight is 363 g/mol. The van der Waals surface area contributed by atoms with Crippen LogP contribution in [0.25, 0.3) is 0 Å². The zero-order valence-electron chi connectivity index (χ0n) is 9.93. The highest BCUT2D eigenvalue weighted by Crippen LogP contribution is 2.29. The third-order valence-corrected chi connectivity index (χ3v) is 3.02. The molecule has 1 aromatic carbocycles. The van der Waals surface area contributed by atoms with E-state index >= 15 is 0 Å². The van der Waals surface area contributed by atoms with Crippen molar-refractivity contribution in [3.63, 3.8) is 0 Å². The molecule has 0 radical (unpaired) electrons. The molecule has 0 spiro atoms. The molecule has 0 aliphatic rings. The van der Waals surface area contributed by atoms with Gasteiger partial charge in [0.25, 0.3) is 0 Å². The van der Waals surface area contributed by atoms with Gasteiger partial charge in [-0.15, -0.1) is 0 Å². The van der Waals surface area contributed by atoms with Gasteiger partial charge in [-0.05, 0) is 35.0 Å². The number of nitrogens with one attached hydrogen (secondary N) is 1. The van der Waals surface area contributed by atoms with Crippen LogP contribution in [0.3, 0.4) is 0 Å². The SMILES string of the molecule is C=C(Br)COc1c(Br)cccc1CNCCC. The lowest BCUT2D eigenvalue weighted by molar-refractivity contribution is 0.353. The van der Waals surface area contributed by atoms with Crippen LogP contribution in [-0.2, 0) is 6.54 Å². The van der Waals surface area contributed by atoms with Gasteiger partial charge in [-0.25, -0.2) is 0 Å². The van der Waals surface area contributed by atoms with E-state index in [0.29, 0.717) is 6.61 Å². The number of hydrogen-bond donors (Lipinski definition) is 1. The second kappa shape index (κ2) is 7.90. The lowest BCUT2D eigenvalue weighted by Gasteiger charge is -2.13. The Kier molecular flexibility index (Phi) is 6.85. The molecule has 0 saturated carbocycles. The van der Waals surface area contributed by atoms with E-state index in [2.05, 4.69) is 56.7 Å². The highest BCUT2D eigenvalue weighted by Gasteiger charge is 2.07. The molecule has 1 N–H and O–H groups in total. The van der Waals surface area contributed by atoms with Crippen molar-refractivity contribution in [2.24, 2.45) is 0 Å². The average Bonchev–Trinajstić information content (AvgIpc) is 2.28. The first kappa shape index (κ1) is 14.7. The first-order valence-corrected chi connectivity index (χ1v) is 7.18. The molecule has 0 bridgehead atoms. The fraction of sp³-hybridized carbons (Fsp3) is 0.385. The lowest BCUT2D eigenvalue weighted by atomic mass is 10.2. The van der Waals surface area contributed by atoms with Gasteiger partial charge in [-0.1, -0.05) is 41.6 Å². The Bertz CT molecular complexity index is 380. The Balaban J connectivity index is 2.73. The van der Waals surface area contributed by atoms with Crippen LogP contribution in [0, 0.1) is 0 Å². The van der Waals surface area contributed by atoms with Crippen LogP contribution >= 0.6 is 31.9 Å². The molecule has 2 nitrogen and oxygen atoms in total. The monoisotopic (exact) mass is 361 g/mol. The minimum absolute atomic E-state index is 0.476. The highest BCUT2D eigenvalue weighted by atomic mass is 79.9. The van der Waals surface area contributed by atoms with Gasteiger partial charge in [0.15, 0.2) is 0 Å². The van der Waals surface area contributed by atoms with Gasteiger partial charge in [0.05, 0.1) is 4.47 Å². The Morgan fingerprint density at radius 1 is 1.47 bits per heavy atom. The van der Waals surface area contributed by atoms with Crippen molar-refractivity contribution in [1.82, 2.24) is 5.32 Å². The Morgan fingerprint density at radius 3 is 2.88 bits per heavy atom. The first-order chi connectivity index (χ1) is 8.15. The minimum Gasteiger partial charge on any atom is -0.487 e. The zero-order valence-corrected chi connectivity index (χ0v) is 13.1. The van der Waals surface area contributed by atoms with Crippen molar-refractivity contribution in [3.05, 3.63) is 39.3 Å². The fourth-order valence-corrected chi connectivity index (χ4v) is 2.04. The molecule has 1 rings (SSSR count). The van der Waals surface area contributed by atoms with E-state index in [0.717, 1.165) is 39.8 Å². The summed E-state index contributed by atoms with van der Waals surface area (Å²) < 4.78 is 7.53. The second-order valence-corrected chi connectivity index (χ2v) is 5.69. The van der Waals surface area contributed by atoms with E-state index in [1.807, 2.05) is 12.1 Å². The molecule has 17 heavy (non-hydrogen) atoms.